The predicted octanol–water partition coefficient (Wildman–Crippen LogP) is 11.5. The lowest BCUT2D eigenvalue weighted by molar-refractivity contribution is 0.477. The maximum atomic E-state index is 6.43. The Hall–Kier alpha value is -5.08. The van der Waals surface area contributed by atoms with Gasteiger partial charge in [0.1, 0.15) is 23.0 Å². The highest BCUT2D eigenvalue weighted by Gasteiger charge is 2.46. The van der Waals surface area contributed by atoms with Gasteiger partial charge in [-0.1, -0.05) is 84.9 Å². The molecule has 0 fully saturated rings. The van der Waals surface area contributed by atoms with Crippen LogP contribution in [-0.2, 0) is 5.41 Å². The molecule has 7 rings (SSSR count). The first-order valence-corrected chi connectivity index (χ1v) is 15.7. The van der Waals surface area contributed by atoms with E-state index >= 15 is 0 Å². The molecular weight excluding hydrogens is 548 g/mol. The Labute approximate surface area is 266 Å². The van der Waals surface area contributed by atoms with Crippen LogP contribution in [-0.4, -0.2) is 0 Å². The van der Waals surface area contributed by atoms with E-state index in [9.17, 15) is 0 Å². The van der Waals surface area contributed by atoms with Crippen LogP contribution in [0.3, 0.4) is 0 Å². The first-order valence-electron chi connectivity index (χ1n) is 15.7. The Morgan fingerprint density at radius 1 is 0.378 bits per heavy atom. The van der Waals surface area contributed by atoms with E-state index in [0.29, 0.717) is 0 Å². The maximum Gasteiger partial charge on any atom is 0.130 e. The van der Waals surface area contributed by atoms with Crippen molar-refractivity contribution in [3.05, 3.63) is 177 Å². The Balaban J connectivity index is 1.38. The average Bonchev–Trinajstić information content (AvgIpc) is 3.34. The fourth-order valence-electron chi connectivity index (χ4n) is 6.83. The van der Waals surface area contributed by atoms with Gasteiger partial charge in [0.2, 0.25) is 0 Å². The third kappa shape index (κ3) is 4.82. The van der Waals surface area contributed by atoms with Gasteiger partial charge in [-0.3, -0.25) is 0 Å². The summed E-state index contributed by atoms with van der Waals surface area (Å²) in [5, 5.41) is 0. The smallest absolute Gasteiger partial charge is 0.130 e. The van der Waals surface area contributed by atoms with Gasteiger partial charge in [0.25, 0.3) is 0 Å². The summed E-state index contributed by atoms with van der Waals surface area (Å²) in [5.41, 5.74) is 14.2. The van der Waals surface area contributed by atoms with Crippen molar-refractivity contribution in [1.82, 2.24) is 0 Å². The molecule has 0 aliphatic heterocycles. The van der Waals surface area contributed by atoms with Crippen molar-refractivity contribution in [2.24, 2.45) is 0 Å². The van der Waals surface area contributed by atoms with Crippen LogP contribution >= 0.6 is 0 Å². The summed E-state index contributed by atoms with van der Waals surface area (Å²) < 4.78 is 12.9. The zero-order valence-corrected chi connectivity index (χ0v) is 26.9. The van der Waals surface area contributed by atoms with E-state index in [1.54, 1.807) is 0 Å². The lowest BCUT2D eigenvalue weighted by atomic mass is 9.67. The summed E-state index contributed by atoms with van der Waals surface area (Å²) in [5.74, 6) is 3.44. The van der Waals surface area contributed by atoms with Gasteiger partial charge in [-0.2, -0.15) is 0 Å². The summed E-state index contributed by atoms with van der Waals surface area (Å²) >= 11 is 0. The van der Waals surface area contributed by atoms with Gasteiger partial charge < -0.3 is 9.47 Å². The van der Waals surface area contributed by atoms with Crippen molar-refractivity contribution in [2.75, 3.05) is 0 Å². The Bertz CT molecular complexity index is 1930. The summed E-state index contributed by atoms with van der Waals surface area (Å²) in [4.78, 5) is 0. The van der Waals surface area contributed by atoms with Gasteiger partial charge >= 0.3 is 0 Å². The van der Waals surface area contributed by atoms with Crippen molar-refractivity contribution in [1.29, 1.82) is 0 Å². The summed E-state index contributed by atoms with van der Waals surface area (Å²) in [7, 11) is 0. The molecule has 0 unspecified atom stereocenters. The molecule has 0 saturated heterocycles. The van der Waals surface area contributed by atoms with Crippen LogP contribution in [0.2, 0.25) is 0 Å². The van der Waals surface area contributed by atoms with Gasteiger partial charge in [0.05, 0.1) is 5.41 Å². The van der Waals surface area contributed by atoms with E-state index in [1.807, 2.05) is 12.1 Å². The highest BCUT2D eigenvalue weighted by atomic mass is 16.5. The highest BCUT2D eigenvalue weighted by molar-refractivity contribution is 5.86. The molecule has 0 spiro atoms. The van der Waals surface area contributed by atoms with Crippen LogP contribution in [0.15, 0.2) is 121 Å². The molecule has 0 N–H and O–H groups in total. The molecule has 1 aliphatic carbocycles. The predicted molar refractivity (Wildman–Crippen MR) is 185 cm³/mol. The number of fused-ring (bicyclic) bond motifs is 3. The van der Waals surface area contributed by atoms with E-state index in [1.165, 1.54) is 55.6 Å². The van der Waals surface area contributed by atoms with Gasteiger partial charge in [-0.15, -0.1) is 0 Å². The SMILES string of the molecule is Cc1ccc(Oc2ccc(C3(c4ccc(Oc5ccc(C)c(C)c5)c(C)c4)c4ccccc4-c4ccccc43)cc2C)cc1C. The topological polar surface area (TPSA) is 18.5 Å². The van der Waals surface area contributed by atoms with Crippen LogP contribution < -0.4 is 9.47 Å². The molecule has 1 aliphatic rings. The fourth-order valence-corrected chi connectivity index (χ4v) is 6.83. The summed E-state index contributed by atoms with van der Waals surface area (Å²) in [6, 6.07) is 43.6. The second kappa shape index (κ2) is 11.1. The normalized spacial score (nSPS) is 12.8. The molecule has 6 aromatic rings. The van der Waals surface area contributed by atoms with Crippen molar-refractivity contribution in [3.8, 4) is 34.1 Å². The Morgan fingerprint density at radius 3 is 1.20 bits per heavy atom. The average molecular weight is 587 g/mol. The number of rotatable bonds is 6. The van der Waals surface area contributed by atoms with Crippen molar-refractivity contribution in [3.63, 3.8) is 0 Å². The minimum absolute atomic E-state index is 0.499. The molecule has 2 heteroatoms. The third-order valence-corrected chi connectivity index (χ3v) is 9.58. The van der Waals surface area contributed by atoms with E-state index in [0.717, 1.165) is 34.1 Å². The monoisotopic (exact) mass is 586 g/mol. The second-order valence-electron chi connectivity index (χ2n) is 12.5. The van der Waals surface area contributed by atoms with Crippen molar-refractivity contribution in [2.45, 2.75) is 47.0 Å². The van der Waals surface area contributed by atoms with E-state index < -0.39 is 5.41 Å². The zero-order valence-electron chi connectivity index (χ0n) is 26.9. The van der Waals surface area contributed by atoms with Crippen molar-refractivity contribution >= 4 is 0 Å². The van der Waals surface area contributed by atoms with Gasteiger partial charge in [0, 0.05) is 0 Å². The fraction of sp³-hybridized carbons (Fsp3) is 0.163. The lowest BCUT2D eigenvalue weighted by Crippen LogP contribution is -2.28. The van der Waals surface area contributed by atoms with Crippen LogP contribution in [0.5, 0.6) is 23.0 Å². The van der Waals surface area contributed by atoms with Crippen LogP contribution in [0.1, 0.15) is 55.6 Å². The molecular formula is C43H38O2. The molecule has 0 saturated carbocycles. The molecule has 222 valence electrons. The molecule has 6 aromatic carbocycles. The minimum Gasteiger partial charge on any atom is -0.457 e. The summed E-state index contributed by atoms with van der Waals surface area (Å²) in [6.07, 6.45) is 0. The minimum atomic E-state index is -0.499. The standard InChI is InChI=1S/C43H38O2/c1-27-15-19-35(25-29(27)3)44-41-21-17-33(23-31(41)5)43(39-13-9-7-11-37(39)38-12-8-10-14-40(38)43)34-18-22-42(32(6)24-34)45-36-20-16-28(2)30(4)26-36/h7-26H,1-6H3. The largest absolute Gasteiger partial charge is 0.457 e. The Kier molecular flexibility index (Phi) is 7.09. The molecule has 0 bridgehead atoms. The maximum absolute atomic E-state index is 6.43. The van der Waals surface area contributed by atoms with Gasteiger partial charge in [-0.25, -0.2) is 0 Å². The van der Waals surface area contributed by atoms with Crippen LogP contribution in [0.4, 0.5) is 0 Å². The molecule has 2 nitrogen and oxygen atoms in total. The van der Waals surface area contributed by atoms with Crippen LogP contribution in [0, 0.1) is 41.5 Å². The van der Waals surface area contributed by atoms with E-state index in [2.05, 4.69) is 151 Å². The molecule has 0 atom stereocenters. The van der Waals surface area contributed by atoms with Gasteiger partial charge in [0.15, 0.2) is 0 Å². The number of hydrogen-bond acceptors (Lipinski definition) is 2. The van der Waals surface area contributed by atoms with Crippen LogP contribution in [0.25, 0.3) is 11.1 Å². The third-order valence-electron chi connectivity index (χ3n) is 9.58. The Morgan fingerprint density at radius 2 is 0.800 bits per heavy atom. The quantitative estimate of drug-likeness (QED) is 0.193. The first kappa shape index (κ1) is 28.7. The number of ether oxygens (including phenoxy) is 2. The zero-order chi connectivity index (χ0) is 31.3. The summed E-state index contributed by atoms with van der Waals surface area (Å²) in [6.45, 7) is 12.8. The van der Waals surface area contributed by atoms with E-state index in [4.69, 9.17) is 9.47 Å². The number of hydrogen-bond donors (Lipinski definition) is 0. The first-order chi connectivity index (χ1) is 21.8. The second-order valence-corrected chi connectivity index (χ2v) is 12.5. The molecule has 0 radical (unpaired) electrons. The van der Waals surface area contributed by atoms with Gasteiger partial charge in [-0.05, 0) is 145 Å². The molecule has 0 aromatic heterocycles. The lowest BCUT2D eigenvalue weighted by Gasteiger charge is -2.34. The number of benzene rings is 6. The van der Waals surface area contributed by atoms with E-state index in [-0.39, 0.29) is 0 Å². The molecule has 45 heavy (non-hydrogen) atoms. The van der Waals surface area contributed by atoms with Crippen molar-refractivity contribution < 1.29 is 9.47 Å². The highest BCUT2D eigenvalue weighted by Crippen LogP contribution is 2.56. The number of aryl methyl sites for hydroxylation is 6. The molecule has 0 heterocycles. The molecule has 0 amide bonds.